The number of nitrogens with one attached hydrogen (secondary N) is 2. The molecular formula is C17H18N4O2S. The molecule has 2 aromatic heterocycles. The van der Waals surface area contributed by atoms with Crippen molar-refractivity contribution in [2.75, 3.05) is 11.9 Å². The molecule has 0 bridgehead atoms. The predicted molar refractivity (Wildman–Crippen MR) is 95.4 cm³/mol. The maximum absolute atomic E-state index is 11.9. The predicted octanol–water partition coefficient (Wildman–Crippen LogP) is 2.57. The highest BCUT2D eigenvalue weighted by atomic mass is 32.1. The lowest BCUT2D eigenvalue weighted by atomic mass is 10.2. The number of carbonyl (C=O) groups is 2. The fourth-order valence-corrected chi connectivity index (χ4v) is 3.18. The molecule has 0 saturated carbocycles. The lowest BCUT2D eigenvalue weighted by molar-refractivity contribution is -0.114. The summed E-state index contributed by atoms with van der Waals surface area (Å²) in [5.41, 5.74) is 2.54. The van der Waals surface area contributed by atoms with Crippen LogP contribution in [0.4, 0.5) is 5.69 Å². The van der Waals surface area contributed by atoms with E-state index in [1.807, 2.05) is 41.3 Å². The van der Waals surface area contributed by atoms with Crippen LogP contribution in [0.1, 0.15) is 22.4 Å². The number of hydrogen-bond donors (Lipinski definition) is 2. The minimum absolute atomic E-state index is 0.0586. The highest BCUT2D eigenvalue weighted by molar-refractivity contribution is 7.12. The summed E-state index contributed by atoms with van der Waals surface area (Å²) < 4.78 is 2.00. The van der Waals surface area contributed by atoms with E-state index >= 15 is 0 Å². The maximum atomic E-state index is 11.9. The van der Waals surface area contributed by atoms with Crippen molar-refractivity contribution in [1.29, 1.82) is 0 Å². The van der Waals surface area contributed by atoms with Crippen LogP contribution in [-0.2, 0) is 18.3 Å². The maximum Gasteiger partial charge on any atom is 0.261 e. The van der Waals surface area contributed by atoms with E-state index in [1.54, 1.807) is 6.07 Å². The van der Waals surface area contributed by atoms with Crippen molar-refractivity contribution < 1.29 is 9.59 Å². The van der Waals surface area contributed by atoms with Gasteiger partial charge in [-0.2, -0.15) is 0 Å². The van der Waals surface area contributed by atoms with Crippen LogP contribution in [-0.4, -0.2) is 27.9 Å². The van der Waals surface area contributed by atoms with Crippen LogP contribution in [0.25, 0.3) is 11.0 Å². The molecule has 0 saturated heterocycles. The number of benzene rings is 1. The zero-order valence-corrected chi connectivity index (χ0v) is 14.3. The average Bonchev–Trinajstić information content (AvgIpc) is 3.16. The third-order valence-corrected chi connectivity index (χ3v) is 4.54. The van der Waals surface area contributed by atoms with Crippen LogP contribution in [0, 0.1) is 0 Å². The zero-order chi connectivity index (χ0) is 17.1. The molecule has 1 aromatic carbocycles. The van der Waals surface area contributed by atoms with Crippen LogP contribution in [0.2, 0.25) is 0 Å². The summed E-state index contributed by atoms with van der Waals surface area (Å²) in [6.45, 7) is 2.00. The molecule has 0 fully saturated rings. The summed E-state index contributed by atoms with van der Waals surface area (Å²) in [6.07, 6.45) is 0.637. The number of hydrogen-bond acceptors (Lipinski definition) is 4. The van der Waals surface area contributed by atoms with Gasteiger partial charge in [0.1, 0.15) is 5.82 Å². The molecule has 124 valence electrons. The second-order valence-corrected chi connectivity index (χ2v) is 6.40. The first kappa shape index (κ1) is 16.2. The number of aryl methyl sites for hydroxylation is 1. The van der Waals surface area contributed by atoms with Gasteiger partial charge in [0.05, 0.1) is 15.9 Å². The summed E-state index contributed by atoms with van der Waals surface area (Å²) in [5.74, 6) is 0.718. The lowest BCUT2D eigenvalue weighted by Crippen LogP contribution is -2.25. The number of amides is 2. The first-order valence-electron chi connectivity index (χ1n) is 7.59. The minimum atomic E-state index is -0.109. The Hall–Kier alpha value is -2.67. The van der Waals surface area contributed by atoms with E-state index in [0.717, 1.165) is 22.5 Å². The van der Waals surface area contributed by atoms with Gasteiger partial charge < -0.3 is 15.2 Å². The number of rotatable bonds is 5. The molecule has 3 rings (SSSR count). The largest absolute Gasteiger partial charge is 0.351 e. The number of thiophene rings is 1. The fraction of sp³-hybridized carbons (Fsp3) is 0.235. The highest BCUT2D eigenvalue weighted by Crippen LogP contribution is 2.20. The van der Waals surface area contributed by atoms with E-state index in [9.17, 15) is 9.59 Å². The van der Waals surface area contributed by atoms with E-state index in [-0.39, 0.29) is 11.8 Å². The van der Waals surface area contributed by atoms with Crippen molar-refractivity contribution in [3.8, 4) is 0 Å². The summed E-state index contributed by atoms with van der Waals surface area (Å²) >= 11 is 1.42. The van der Waals surface area contributed by atoms with Gasteiger partial charge in [-0.15, -0.1) is 11.3 Å². The smallest absolute Gasteiger partial charge is 0.261 e. The van der Waals surface area contributed by atoms with Crippen LogP contribution in [0.15, 0.2) is 35.7 Å². The first-order valence-corrected chi connectivity index (χ1v) is 8.47. The second-order valence-electron chi connectivity index (χ2n) is 5.45. The Morgan fingerprint density at radius 1 is 1.29 bits per heavy atom. The van der Waals surface area contributed by atoms with Gasteiger partial charge in [-0.25, -0.2) is 4.98 Å². The first-order chi connectivity index (χ1) is 11.5. The molecule has 2 amide bonds. The van der Waals surface area contributed by atoms with Crippen molar-refractivity contribution in [1.82, 2.24) is 14.9 Å². The molecule has 0 spiro atoms. The number of nitrogens with zero attached hydrogens (tertiary/aromatic N) is 2. The quantitative estimate of drug-likeness (QED) is 0.748. The minimum Gasteiger partial charge on any atom is -0.351 e. The summed E-state index contributed by atoms with van der Waals surface area (Å²) in [5, 5.41) is 7.54. The Morgan fingerprint density at radius 3 is 2.83 bits per heavy atom. The zero-order valence-electron chi connectivity index (χ0n) is 13.5. The molecule has 0 unspecified atom stereocenters. The molecule has 0 aliphatic heterocycles. The van der Waals surface area contributed by atoms with Crippen molar-refractivity contribution >= 4 is 39.9 Å². The van der Waals surface area contributed by atoms with Gasteiger partial charge in [0.15, 0.2) is 0 Å². The van der Waals surface area contributed by atoms with Gasteiger partial charge in [-0.05, 0) is 29.6 Å². The number of anilines is 1. The number of carbonyl (C=O) groups excluding carboxylic acids is 2. The number of imidazole rings is 1. The summed E-state index contributed by atoms with van der Waals surface area (Å²) in [7, 11) is 1.95. The monoisotopic (exact) mass is 342 g/mol. The van der Waals surface area contributed by atoms with Crippen LogP contribution < -0.4 is 10.6 Å². The average molecular weight is 342 g/mol. The number of fused-ring (bicyclic) bond motifs is 1. The fourth-order valence-electron chi connectivity index (χ4n) is 2.54. The van der Waals surface area contributed by atoms with Gasteiger partial charge in [0, 0.05) is 32.6 Å². The van der Waals surface area contributed by atoms with E-state index in [2.05, 4.69) is 15.6 Å². The van der Waals surface area contributed by atoms with Crippen molar-refractivity contribution in [2.45, 2.75) is 13.3 Å². The van der Waals surface area contributed by atoms with Crippen LogP contribution >= 0.6 is 11.3 Å². The van der Waals surface area contributed by atoms with E-state index in [1.165, 1.54) is 18.3 Å². The van der Waals surface area contributed by atoms with E-state index in [4.69, 9.17) is 0 Å². The van der Waals surface area contributed by atoms with Gasteiger partial charge >= 0.3 is 0 Å². The van der Waals surface area contributed by atoms with Gasteiger partial charge in [-0.3, -0.25) is 9.59 Å². The van der Waals surface area contributed by atoms with Crippen molar-refractivity contribution in [2.24, 2.45) is 7.05 Å². The molecule has 0 radical (unpaired) electrons. The molecule has 24 heavy (non-hydrogen) atoms. The van der Waals surface area contributed by atoms with Crippen LogP contribution in [0.5, 0.6) is 0 Å². The van der Waals surface area contributed by atoms with Gasteiger partial charge in [-0.1, -0.05) is 6.07 Å². The summed E-state index contributed by atoms with van der Waals surface area (Å²) in [6, 6.07) is 9.30. The third-order valence-electron chi connectivity index (χ3n) is 3.67. The van der Waals surface area contributed by atoms with E-state index in [0.29, 0.717) is 17.8 Å². The Kier molecular flexibility index (Phi) is 4.61. The molecule has 0 aliphatic rings. The highest BCUT2D eigenvalue weighted by Gasteiger charge is 2.10. The SMILES string of the molecule is CC(=O)Nc1ccc2c(c1)nc(CCNC(=O)c1cccs1)n2C. The molecule has 3 aromatic rings. The number of aromatic nitrogens is 2. The molecule has 2 N–H and O–H groups in total. The summed E-state index contributed by atoms with van der Waals surface area (Å²) in [4.78, 5) is 28.4. The Bertz CT molecular complexity index is 884. The molecule has 0 aliphatic carbocycles. The van der Waals surface area contributed by atoms with Crippen molar-refractivity contribution in [3.63, 3.8) is 0 Å². The Morgan fingerprint density at radius 2 is 2.12 bits per heavy atom. The topological polar surface area (TPSA) is 76.0 Å². The molecule has 7 heteroatoms. The van der Waals surface area contributed by atoms with Crippen LogP contribution in [0.3, 0.4) is 0 Å². The van der Waals surface area contributed by atoms with Gasteiger partial charge in [0.2, 0.25) is 5.91 Å². The molecule has 0 atom stereocenters. The molecular weight excluding hydrogens is 324 g/mol. The normalized spacial score (nSPS) is 10.8. The Balaban J connectivity index is 1.69. The van der Waals surface area contributed by atoms with Crippen molar-refractivity contribution in [3.05, 3.63) is 46.4 Å². The molecule has 6 nitrogen and oxygen atoms in total. The lowest BCUT2D eigenvalue weighted by Gasteiger charge is -2.04. The van der Waals surface area contributed by atoms with Gasteiger partial charge in [0.25, 0.3) is 5.91 Å². The third kappa shape index (κ3) is 3.46. The van der Waals surface area contributed by atoms with E-state index < -0.39 is 0 Å². The molecule has 2 heterocycles. The standard InChI is InChI=1S/C17H18N4O2S/c1-11(22)19-12-5-6-14-13(10-12)20-16(21(14)2)7-8-18-17(23)15-4-3-9-24-15/h3-6,9-10H,7-8H2,1-2H3,(H,18,23)(H,19,22). The second kappa shape index (κ2) is 6.84. The Labute approximate surface area is 143 Å².